The summed E-state index contributed by atoms with van der Waals surface area (Å²) in [6.45, 7) is 7.30. The van der Waals surface area contributed by atoms with E-state index in [-0.39, 0.29) is 5.75 Å². The molecule has 0 spiro atoms. The summed E-state index contributed by atoms with van der Waals surface area (Å²) >= 11 is 0. The number of hydrogen-bond acceptors (Lipinski definition) is 2. The Labute approximate surface area is 236 Å². The van der Waals surface area contributed by atoms with E-state index in [1.54, 1.807) is 12.1 Å². The molecule has 0 saturated heterocycles. The molecule has 4 aromatic rings. The van der Waals surface area contributed by atoms with E-state index in [1.165, 1.54) is 53.6 Å². The number of ether oxygens (including phenoxy) is 2. The molecule has 0 atom stereocenters. The lowest BCUT2D eigenvalue weighted by atomic mass is 10.0. The van der Waals surface area contributed by atoms with Crippen LogP contribution in [0, 0.1) is 0 Å². The maximum atomic E-state index is 12.0. The molecule has 4 rings (SSSR count). The number of hydrogen-bond donors (Lipinski definition) is 0. The fourth-order valence-corrected chi connectivity index (χ4v) is 4.18. The first-order valence-electron chi connectivity index (χ1n) is 14.1. The zero-order valence-corrected chi connectivity index (χ0v) is 23.6. The van der Waals surface area contributed by atoms with Crippen molar-refractivity contribution in [2.24, 2.45) is 0 Å². The van der Waals surface area contributed by atoms with Crippen molar-refractivity contribution < 1.29 is 22.6 Å². The highest BCUT2D eigenvalue weighted by Crippen LogP contribution is 2.27. The molecule has 0 aliphatic carbocycles. The van der Waals surface area contributed by atoms with Crippen molar-refractivity contribution >= 4 is 0 Å². The van der Waals surface area contributed by atoms with Gasteiger partial charge in [0.1, 0.15) is 11.5 Å². The van der Waals surface area contributed by atoms with Gasteiger partial charge >= 0.3 is 6.36 Å². The van der Waals surface area contributed by atoms with Gasteiger partial charge < -0.3 is 9.47 Å². The van der Waals surface area contributed by atoms with Crippen LogP contribution in [0.5, 0.6) is 11.5 Å². The summed E-state index contributed by atoms with van der Waals surface area (Å²) in [6.07, 6.45) is 2.38. The highest BCUT2D eigenvalue weighted by molar-refractivity contribution is 5.65. The molecule has 0 aliphatic rings. The van der Waals surface area contributed by atoms with Gasteiger partial charge in [-0.1, -0.05) is 113 Å². The fourth-order valence-electron chi connectivity index (χ4n) is 4.18. The van der Waals surface area contributed by atoms with E-state index in [0.29, 0.717) is 0 Å². The molecular weight excluding hydrogens is 509 g/mol. The Morgan fingerprint density at radius 3 is 1.27 bits per heavy atom. The molecule has 0 amide bonds. The lowest BCUT2D eigenvalue weighted by Crippen LogP contribution is -2.16. The topological polar surface area (TPSA) is 18.5 Å². The molecule has 0 bridgehead atoms. The zero-order chi connectivity index (χ0) is 28.8. The Morgan fingerprint density at radius 1 is 0.500 bits per heavy atom. The van der Waals surface area contributed by atoms with E-state index in [2.05, 4.69) is 74.0 Å². The maximum absolute atomic E-state index is 12.0. The summed E-state index contributed by atoms with van der Waals surface area (Å²) < 4.78 is 45.7. The molecule has 2 nitrogen and oxygen atoms in total. The number of unbranched alkanes of at least 4 members (excludes halogenated alkanes) is 3. The van der Waals surface area contributed by atoms with Gasteiger partial charge in [0, 0.05) is 0 Å². The maximum Gasteiger partial charge on any atom is 0.573 e. The number of rotatable bonds is 11. The Hall–Kier alpha value is -3.73. The molecule has 5 heteroatoms. The number of halogens is 3. The quantitative estimate of drug-likeness (QED) is 0.174. The molecule has 0 radical (unpaired) electrons. The molecular formula is C35H39F3O2. The van der Waals surface area contributed by atoms with Crippen LogP contribution in [-0.4, -0.2) is 13.0 Å². The third-order valence-corrected chi connectivity index (χ3v) is 6.60. The van der Waals surface area contributed by atoms with Gasteiger partial charge in [0.2, 0.25) is 0 Å². The van der Waals surface area contributed by atoms with E-state index in [4.69, 9.17) is 4.74 Å². The Balaban J connectivity index is 0.000000222. The van der Waals surface area contributed by atoms with E-state index >= 15 is 0 Å². The van der Waals surface area contributed by atoms with Crippen LogP contribution in [0.25, 0.3) is 22.3 Å². The summed E-state index contributed by atoms with van der Waals surface area (Å²) in [5.41, 5.74) is 6.94. The van der Waals surface area contributed by atoms with Crippen molar-refractivity contribution in [2.75, 3.05) is 6.61 Å². The van der Waals surface area contributed by atoms with Crippen molar-refractivity contribution in [1.29, 1.82) is 0 Å². The van der Waals surface area contributed by atoms with E-state index in [9.17, 15) is 13.2 Å². The SMILES string of the molecule is CCCCCCOc1ccc(-c2ccc(CC)cc2)cc1.CCc1ccc(-c2ccc(OC(F)(F)F)cc2)cc1. The number of alkyl halides is 3. The Morgan fingerprint density at radius 2 is 0.900 bits per heavy atom. The number of benzene rings is 4. The van der Waals surface area contributed by atoms with E-state index < -0.39 is 6.36 Å². The second-order valence-electron chi connectivity index (χ2n) is 9.61. The van der Waals surface area contributed by atoms with Crippen LogP contribution in [0.3, 0.4) is 0 Å². The van der Waals surface area contributed by atoms with Crippen LogP contribution in [0.4, 0.5) is 13.2 Å². The zero-order valence-electron chi connectivity index (χ0n) is 23.6. The Kier molecular flexibility index (Phi) is 12.1. The van der Waals surface area contributed by atoms with E-state index in [1.807, 2.05) is 24.3 Å². The molecule has 0 aliphatic heterocycles. The van der Waals surface area contributed by atoms with Crippen molar-refractivity contribution in [3.8, 4) is 33.8 Å². The summed E-state index contributed by atoms with van der Waals surface area (Å²) in [5, 5.41) is 0. The monoisotopic (exact) mass is 548 g/mol. The molecule has 40 heavy (non-hydrogen) atoms. The molecule has 4 aromatic carbocycles. The van der Waals surface area contributed by atoms with Crippen LogP contribution in [0.1, 0.15) is 57.6 Å². The molecule has 0 saturated carbocycles. The third-order valence-electron chi connectivity index (χ3n) is 6.60. The summed E-state index contributed by atoms with van der Waals surface area (Å²) in [7, 11) is 0. The fraction of sp³-hybridized carbons (Fsp3) is 0.314. The first-order chi connectivity index (χ1) is 19.3. The standard InChI is InChI=1S/C20H26O.C15H13F3O/c1-3-5-6-7-16-21-20-14-12-19(13-15-20)18-10-8-17(4-2)9-11-18;1-2-11-3-5-12(6-4-11)13-7-9-14(10-8-13)19-15(16,17)18/h8-15H,3-7,16H2,1-2H3;3-10H,2H2,1H3. The summed E-state index contributed by atoms with van der Waals surface area (Å²) in [5.74, 6) is 0.766. The second kappa shape index (κ2) is 15.8. The van der Waals surface area contributed by atoms with Crippen LogP contribution in [0.2, 0.25) is 0 Å². The van der Waals surface area contributed by atoms with Crippen LogP contribution >= 0.6 is 0 Å². The van der Waals surface area contributed by atoms with Crippen LogP contribution in [-0.2, 0) is 12.8 Å². The second-order valence-corrected chi connectivity index (χ2v) is 9.61. The molecule has 0 N–H and O–H groups in total. The highest BCUT2D eigenvalue weighted by atomic mass is 19.4. The van der Waals surface area contributed by atoms with Gasteiger partial charge in [-0.05, 0) is 76.9 Å². The Bertz CT molecular complexity index is 1240. The predicted octanol–water partition coefficient (Wildman–Crippen LogP) is 10.7. The summed E-state index contributed by atoms with van der Waals surface area (Å²) in [6, 6.07) is 31.0. The van der Waals surface area contributed by atoms with Gasteiger partial charge in [-0.3, -0.25) is 0 Å². The van der Waals surface area contributed by atoms with Crippen molar-refractivity contribution in [1.82, 2.24) is 0 Å². The van der Waals surface area contributed by atoms with Gasteiger partial charge in [-0.15, -0.1) is 13.2 Å². The van der Waals surface area contributed by atoms with Crippen molar-refractivity contribution in [3.63, 3.8) is 0 Å². The van der Waals surface area contributed by atoms with Crippen molar-refractivity contribution in [3.05, 3.63) is 108 Å². The first-order valence-corrected chi connectivity index (χ1v) is 14.1. The minimum atomic E-state index is -4.65. The minimum Gasteiger partial charge on any atom is -0.494 e. The average Bonchev–Trinajstić information content (AvgIpc) is 2.97. The molecule has 0 aromatic heterocycles. The molecule has 212 valence electrons. The highest BCUT2D eigenvalue weighted by Gasteiger charge is 2.30. The van der Waals surface area contributed by atoms with Gasteiger partial charge in [-0.25, -0.2) is 0 Å². The molecule has 0 fully saturated rings. The van der Waals surface area contributed by atoms with Gasteiger partial charge in [0.25, 0.3) is 0 Å². The van der Waals surface area contributed by atoms with E-state index in [0.717, 1.165) is 42.7 Å². The predicted molar refractivity (Wildman–Crippen MR) is 159 cm³/mol. The minimum absolute atomic E-state index is 0.207. The van der Waals surface area contributed by atoms with Gasteiger partial charge in [0.15, 0.2) is 0 Å². The average molecular weight is 549 g/mol. The lowest BCUT2D eigenvalue weighted by molar-refractivity contribution is -0.274. The normalized spacial score (nSPS) is 10.9. The van der Waals surface area contributed by atoms with Crippen LogP contribution in [0.15, 0.2) is 97.1 Å². The van der Waals surface area contributed by atoms with Gasteiger partial charge in [-0.2, -0.15) is 0 Å². The molecule has 0 heterocycles. The van der Waals surface area contributed by atoms with Gasteiger partial charge in [0.05, 0.1) is 6.61 Å². The third kappa shape index (κ3) is 10.4. The summed E-state index contributed by atoms with van der Waals surface area (Å²) in [4.78, 5) is 0. The largest absolute Gasteiger partial charge is 0.573 e. The number of aryl methyl sites for hydroxylation is 2. The molecule has 0 unspecified atom stereocenters. The van der Waals surface area contributed by atoms with Crippen molar-refractivity contribution in [2.45, 2.75) is 65.7 Å². The first kappa shape index (κ1) is 30.8. The lowest BCUT2D eigenvalue weighted by Gasteiger charge is -2.09. The van der Waals surface area contributed by atoms with Crippen LogP contribution < -0.4 is 9.47 Å². The smallest absolute Gasteiger partial charge is 0.494 e.